The van der Waals surface area contributed by atoms with E-state index in [2.05, 4.69) is 24.4 Å². The van der Waals surface area contributed by atoms with Gasteiger partial charge in [0.1, 0.15) is 12.7 Å². The zero-order chi connectivity index (χ0) is 20.0. The van der Waals surface area contributed by atoms with Crippen LogP contribution in [0.15, 0.2) is 12.2 Å². The lowest BCUT2D eigenvalue weighted by molar-refractivity contribution is 0.0322. The van der Waals surface area contributed by atoms with Gasteiger partial charge in [0.2, 0.25) is 0 Å². The molecule has 160 valence electrons. The average Bonchev–Trinajstić information content (AvgIpc) is 2.68. The number of aliphatic hydroxyl groups excluding tert-OH is 2. The zero-order valence-corrected chi connectivity index (χ0v) is 17.5. The number of aliphatic hydroxyl groups is 2. The molecular formula is C22H43NO4. The van der Waals surface area contributed by atoms with Crippen LogP contribution in [0.3, 0.4) is 0 Å². The van der Waals surface area contributed by atoms with E-state index in [9.17, 15) is 4.79 Å². The molecule has 1 atom stereocenters. The summed E-state index contributed by atoms with van der Waals surface area (Å²) in [6.07, 6.45) is 20.8. The van der Waals surface area contributed by atoms with Gasteiger partial charge in [-0.15, -0.1) is 0 Å². The molecule has 0 heterocycles. The minimum absolute atomic E-state index is 0.171. The molecule has 0 aliphatic heterocycles. The van der Waals surface area contributed by atoms with E-state index < -0.39 is 18.8 Å². The van der Waals surface area contributed by atoms with Gasteiger partial charge in [0.15, 0.2) is 0 Å². The number of unbranched alkanes of at least 4 members (excludes halogenated alkanes) is 12. The van der Waals surface area contributed by atoms with Gasteiger partial charge in [-0.25, -0.2) is 4.79 Å². The predicted octanol–water partition coefficient (Wildman–Crippen LogP) is 5.10. The molecule has 0 aliphatic rings. The highest BCUT2D eigenvalue weighted by Crippen LogP contribution is 2.09. The van der Waals surface area contributed by atoms with E-state index in [1.54, 1.807) is 0 Å². The zero-order valence-electron chi connectivity index (χ0n) is 17.5. The first-order valence-electron chi connectivity index (χ1n) is 11.0. The summed E-state index contributed by atoms with van der Waals surface area (Å²) in [4.78, 5) is 11.3. The number of hydrogen-bond acceptors (Lipinski definition) is 4. The van der Waals surface area contributed by atoms with Crippen LogP contribution in [-0.4, -0.2) is 42.2 Å². The highest BCUT2D eigenvalue weighted by atomic mass is 16.6. The SMILES string of the molecule is CCCCCCCC/C=C\CCCCCCCCNC(=O)OCC(O)CO. The topological polar surface area (TPSA) is 78.8 Å². The lowest BCUT2D eigenvalue weighted by Gasteiger charge is -2.09. The largest absolute Gasteiger partial charge is 0.447 e. The average molecular weight is 386 g/mol. The van der Waals surface area contributed by atoms with Crippen LogP contribution < -0.4 is 5.32 Å². The maximum Gasteiger partial charge on any atom is 0.407 e. The minimum Gasteiger partial charge on any atom is -0.447 e. The van der Waals surface area contributed by atoms with Crippen molar-refractivity contribution in [2.75, 3.05) is 19.8 Å². The Balaban J connectivity index is 3.20. The number of amides is 1. The summed E-state index contributed by atoms with van der Waals surface area (Å²) in [5.74, 6) is 0. The molecule has 0 fully saturated rings. The fraction of sp³-hybridized carbons (Fsp3) is 0.864. The molecule has 5 heteroatoms. The molecule has 0 rings (SSSR count). The lowest BCUT2D eigenvalue weighted by atomic mass is 10.1. The van der Waals surface area contributed by atoms with E-state index in [4.69, 9.17) is 14.9 Å². The Kier molecular flexibility index (Phi) is 20.4. The summed E-state index contributed by atoms with van der Waals surface area (Å²) in [6.45, 7) is 2.28. The Bertz CT molecular complexity index is 347. The molecule has 0 aromatic heterocycles. The number of ether oxygens (including phenoxy) is 1. The van der Waals surface area contributed by atoms with Gasteiger partial charge in [-0.1, -0.05) is 76.9 Å². The molecule has 1 unspecified atom stereocenters. The number of alkyl carbamates (subject to hydrolysis) is 1. The van der Waals surface area contributed by atoms with Crippen molar-refractivity contribution in [2.45, 2.75) is 103 Å². The molecule has 0 aromatic rings. The number of nitrogens with one attached hydrogen (secondary N) is 1. The molecule has 3 N–H and O–H groups in total. The molecule has 5 nitrogen and oxygen atoms in total. The monoisotopic (exact) mass is 385 g/mol. The smallest absolute Gasteiger partial charge is 0.407 e. The Hall–Kier alpha value is -1.07. The second kappa shape index (κ2) is 21.2. The number of rotatable bonds is 19. The summed E-state index contributed by atoms with van der Waals surface area (Å²) in [5.41, 5.74) is 0. The van der Waals surface area contributed by atoms with Crippen LogP contribution in [0, 0.1) is 0 Å². The normalized spacial score (nSPS) is 12.4. The Morgan fingerprint density at radius 3 is 1.96 bits per heavy atom. The van der Waals surface area contributed by atoms with Gasteiger partial charge in [0.05, 0.1) is 6.61 Å². The maximum atomic E-state index is 11.3. The van der Waals surface area contributed by atoms with Gasteiger partial charge < -0.3 is 20.3 Å². The Morgan fingerprint density at radius 1 is 0.889 bits per heavy atom. The second-order valence-corrected chi connectivity index (χ2v) is 7.30. The van der Waals surface area contributed by atoms with E-state index >= 15 is 0 Å². The fourth-order valence-corrected chi connectivity index (χ4v) is 2.84. The molecule has 0 saturated carbocycles. The summed E-state index contributed by atoms with van der Waals surface area (Å²) >= 11 is 0. The van der Waals surface area contributed by atoms with E-state index in [-0.39, 0.29) is 6.61 Å². The van der Waals surface area contributed by atoms with E-state index in [1.807, 2.05) is 0 Å². The van der Waals surface area contributed by atoms with Gasteiger partial charge in [0.25, 0.3) is 0 Å². The third-order valence-electron chi connectivity index (χ3n) is 4.58. The van der Waals surface area contributed by atoms with Crippen molar-refractivity contribution >= 4 is 6.09 Å². The molecule has 0 radical (unpaired) electrons. The van der Waals surface area contributed by atoms with Crippen molar-refractivity contribution in [1.82, 2.24) is 5.32 Å². The van der Waals surface area contributed by atoms with Crippen LogP contribution in [0.1, 0.15) is 96.8 Å². The summed E-state index contributed by atoms with van der Waals surface area (Å²) in [6, 6.07) is 0. The van der Waals surface area contributed by atoms with Crippen molar-refractivity contribution in [3.8, 4) is 0 Å². The standard InChI is InChI=1S/C22H43NO4/c1-2-3-4-5-6-7-8-9-10-11-12-13-14-15-16-17-18-23-22(26)27-20-21(25)19-24/h9-10,21,24-25H,2-8,11-20H2,1H3,(H,23,26)/b10-9-. The highest BCUT2D eigenvalue weighted by Gasteiger charge is 2.06. The van der Waals surface area contributed by atoms with Gasteiger partial charge >= 0.3 is 6.09 Å². The van der Waals surface area contributed by atoms with Crippen molar-refractivity contribution in [2.24, 2.45) is 0 Å². The molecule has 27 heavy (non-hydrogen) atoms. The van der Waals surface area contributed by atoms with E-state index in [1.165, 1.54) is 77.0 Å². The number of carbonyl (C=O) groups excluding carboxylic acids is 1. The molecule has 0 aromatic carbocycles. The number of allylic oxidation sites excluding steroid dienone is 2. The highest BCUT2D eigenvalue weighted by molar-refractivity contribution is 5.67. The van der Waals surface area contributed by atoms with Crippen LogP contribution in [0.5, 0.6) is 0 Å². The van der Waals surface area contributed by atoms with Gasteiger partial charge in [0, 0.05) is 6.54 Å². The molecular weight excluding hydrogens is 342 g/mol. The molecule has 1 amide bonds. The second-order valence-electron chi connectivity index (χ2n) is 7.30. The van der Waals surface area contributed by atoms with E-state index in [0.29, 0.717) is 6.54 Å². The maximum absolute atomic E-state index is 11.3. The van der Waals surface area contributed by atoms with Crippen LogP contribution in [-0.2, 0) is 4.74 Å². The van der Waals surface area contributed by atoms with Crippen molar-refractivity contribution < 1.29 is 19.7 Å². The minimum atomic E-state index is -0.999. The van der Waals surface area contributed by atoms with Crippen molar-refractivity contribution in [3.05, 3.63) is 12.2 Å². The fourth-order valence-electron chi connectivity index (χ4n) is 2.84. The van der Waals surface area contributed by atoms with Gasteiger partial charge in [-0.05, 0) is 32.1 Å². The quantitative estimate of drug-likeness (QED) is 0.213. The Labute approximate surface area is 166 Å². The van der Waals surface area contributed by atoms with Crippen molar-refractivity contribution in [1.29, 1.82) is 0 Å². The summed E-state index contributed by atoms with van der Waals surface area (Å²) < 4.78 is 4.76. The van der Waals surface area contributed by atoms with Crippen LogP contribution in [0.25, 0.3) is 0 Å². The molecule has 0 spiro atoms. The third kappa shape index (κ3) is 21.1. The lowest BCUT2D eigenvalue weighted by Crippen LogP contribution is -2.29. The van der Waals surface area contributed by atoms with Crippen LogP contribution >= 0.6 is 0 Å². The molecule has 0 saturated heterocycles. The molecule has 0 aliphatic carbocycles. The number of carbonyl (C=O) groups is 1. The van der Waals surface area contributed by atoms with Crippen molar-refractivity contribution in [3.63, 3.8) is 0 Å². The summed E-state index contributed by atoms with van der Waals surface area (Å²) in [7, 11) is 0. The summed E-state index contributed by atoms with van der Waals surface area (Å²) in [5, 5.41) is 20.3. The first kappa shape index (κ1) is 25.9. The Morgan fingerprint density at radius 2 is 1.41 bits per heavy atom. The van der Waals surface area contributed by atoms with Crippen LogP contribution in [0.2, 0.25) is 0 Å². The van der Waals surface area contributed by atoms with Gasteiger partial charge in [-0.2, -0.15) is 0 Å². The predicted molar refractivity (Wildman–Crippen MR) is 112 cm³/mol. The molecule has 0 bridgehead atoms. The van der Waals surface area contributed by atoms with E-state index in [0.717, 1.165) is 12.8 Å². The first-order chi connectivity index (χ1) is 13.2. The van der Waals surface area contributed by atoms with Crippen LogP contribution in [0.4, 0.5) is 4.79 Å². The first-order valence-corrected chi connectivity index (χ1v) is 11.0. The number of hydrogen-bond donors (Lipinski definition) is 3. The van der Waals surface area contributed by atoms with Gasteiger partial charge in [-0.3, -0.25) is 0 Å². The third-order valence-corrected chi connectivity index (χ3v) is 4.58.